The minimum Gasteiger partial charge on any atom is -0.508 e. The van der Waals surface area contributed by atoms with E-state index in [1.807, 2.05) is 23.9 Å². The minimum absolute atomic E-state index is 0.336. The Hall–Kier alpha value is -0.670. The lowest BCUT2D eigenvalue weighted by Crippen LogP contribution is -2.31. The quantitative estimate of drug-likeness (QED) is 0.744. The molecule has 1 heterocycles. The van der Waals surface area contributed by atoms with Gasteiger partial charge >= 0.3 is 0 Å². The SMILES string of the molecule is CC1CNC(c2ccc(O)cc2)SC1. The molecule has 2 unspecified atom stereocenters. The van der Waals surface area contributed by atoms with Crippen LogP contribution in [0.2, 0.25) is 0 Å². The zero-order chi connectivity index (χ0) is 9.97. The average molecular weight is 209 g/mol. The van der Waals surface area contributed by atoms with Gasteiger partial charge in [0, 0.05) is 0 Å². The fourth-order valence-corrected chi connectivity index (χ4v) is 2.75. The van der Waals surface area contributed by atoms with Crippen molar-refractivity contribution in [3.8, 4) is 5.75 Å². The van der Waals surface area contributed by atoms with Gasteiger partial charge in [-0.1, -0.05) is 19.1 Å². The normalized spacial score (nSPS) is 27.5. The molecule has 1 saturated heterocycles. The third kappa shape index (κ3) is 2.22. The van der Waals surface area contributed by atoms with E-state index in [0.717, 1.165) is 12.5 Å². The van der Waals surface area contributed by atoms with E-state index in [1.165, 1.54) is 11.3 Å². The third-order valence-electron chi connectivity index (χ3n) is 2.39. The standard InChI is InChI=1S/C11H15NOS/c1-8-6-12-11(14-7-8)9-2-4-10(13)5-3-9/h2-5,8,11-13H,6-7H2,1H3. The molecule has 3 heteroatoms. The lowest BCUT2D eigenvalue weighted by Gasteiger charge is -2.27. The van der Waals surface area contributed by atoms with Gasteiger partial charge in [-0.15, -0.1) is 11.8 Å². The fraction of sp³-hybridized carbons (Fsp3) is 0.455. The van der Waals surface area contributed by atoms with Crippen LogP contribution in [0.4, 0.5) is 0 Å². The lowest BCUT2D eigenvalue weighted by molar-refractivity contribution is 0.474. The number of nitrogens with one attached hydrogen (secondary N) is 1. The zero-order valence-electron chi connectivity index (χ0n) is 8.23. The number of hydrogen-bond donors (Lipinski definition) is 2. The molecule has 2 N–H and O–H groups in total. The first kappa shape index (κ1) is 9.87. The van der Waals surface area contributed by atoms with Gasteiger partial charge in [0.05, 0.1) is 5.37 Å². The summed E-state index contributed by atoms with van der Waals surface area (Å²) in [7, 11) is 0. The summed E-state index contributed by atoms with van der Waals surface area (Å²) in [6, 6.07) is 7.46. The molecule has 14 heavy (non-hydrogen) atoms. The van der Waals surface area contributed by atoms with Crippen molar-refractivity contribution in [2.24, 2.45) is 5.92 Å². The van der Waals surface area contributed by atoms with Crippen molar-refractivity contribution in [1.82, 2.24) is 5.32 Å². The Balaban J connectivity index is 2.05. The van der Waals surface area contributed by atoms with E-state index in [4.69, 9.17) is 5.11 Å². The van der Waals surface area contributed by atoms with Crippen LogP contribution >= 0.6 is 11.8 Å². The number of thioether (sulfide) groups is 1. The van der Waals surface area contributed by atoms with Gasteiger partial charge in [-0.05, 0) is 35.9 Å². The second-order valence-electron chi connectivity index (χ2n) is 3.82. The van der Waals surface area contributed by atoms with Crippen LogP contribution in [0.25, 0.3) is 0 Å². The number of rotatable bonds is 1. The van der Waals surface area contributed by atoms with Crippen LogP contribution < -0.4 is 5.32 Å². The summed E-state index contributed by atoms with van der Waals surface area (Å²) < 4.78 is 0. The molecule has 1 aromatic rings. The third-order valence-corrected chi connectivity index (χ3v) is 3.93. The van der Waals surface area contributed by atoms with Crippen LogP contribution in [0.3, 0.4) is 0 Å². The maximum atomic E-state index is 9.17. The van der Waals surface area contributed by atoms with Crippen molar-refractivity contribution in [3.63, 3.8) is 0 Å². The molecule has 1 aromatic carbocycles. The van der Waals surface area contributed by atoms with Crippen LogP contribution in [0.15, 0.2) is 24.3 Å². The highest BCUT2D eigenvalue weighted by Gasteiger charge is 2.18. The van der Waals surface area contributed by atoms with Crippen molar-refractivity contribution >= 4 is 11.8 Å². The van der Waals surface area contributed by atoms with Crippen LogP contribution in [0.1, 0.15) is 17.9 Å². The average Bonchev–Trinajstić information content (AvgIpc) is 2.21. The Morgan fingerprint density at radius 2 is 2.07 bits per heavy atom. The lowest BCUT2D eigenvalue weighted by atomic mass is 10.2. The first-order valence-corrected chi connectivity index (χ1v) is 5.94. The molecule has 0 bridgehead atoms. The van der Waals surface area contributed by atoms with Crippen molar-refractivity contribution in [2.75, 3.05) is 12.3 Å². The van der Waals surface area contributed by atoms with Gasteiger partial charge in [0.25, 0.3) is 0 Å². The first-order valence-electron chi connectivity index (χ1n) is 4.89. The number of aromatic hydroxyl groups is 1. The molecule has 2 nitrogen and oxygen atoms in total. The van der Waals surface area contributed by atoms with Crippen LogP contribution in [0.5, 0.6) is 5.75 Å². The van der Waals surface area contributed by atoms with E-state index >= 15 is 0 Å². The van der Waals surface area contributed by atoms with Gasteiger partial charge in [0.15, 0.2) is 0 Å². The summed E-state index contributed by atoms with van der Waals surface area (Å²) in [5.41, 5.74) is 1.25. The molecule has 0 aliphatic carbocycles. The Morgan fingerprint density at radius 1 is 1.36 bits per heavy atom. The second kappa shape index (κ2) is 4.24. The minimum atomic E-state index is 0.336. The van der Waals surface area contributed by atoms with E-state index in [2.05, 4.69) is 12.2 Å². The number of hydrogen-bond acceptors (Lipinski definition) is 3. The predicted octanol–water partition coefficient (Wildman–Crippen LogP) is 2.36. The molecule has 1 aliphatic rings. The fourth-order valence-electron chi connectivity index (χ4n) is 1.55. The summed E-state index contributed by atoms with van der Waals surface area (Å²) in [6.45, 7) is 3.34. The molecule has 76 valence electrons. The van der Waals surface area contributed by atoms with Crippen LogP contribution in [-0.4, -0.2) is 17.4 Å². The number of benzene rings is 1. The highest BCUT2D eigenvalue weighted by Crippen LogP contribution is 2.31. The van der Waals surface area contributed by atoms with Gasteiger partial charge in [0.1, 0.15) is 5.75 Å². The van der Waals surface area contributed by atoms with E-state index in [-0.39, 0.29) is 0 Å². The van der Waals surface area contributed by atoms with E-state index in [1.54, 1.807) is 12.1 Å². The van der Waals surface area contributed by atoms with Gasteiger partial charge in [-0.3, -0.25) is 0 Å². The van der Waals surface area contributed by atoms with Gasteiger partial charge in [-0.25, -0.2) is 0 Å². The maximum absolute atomic E-state index is 9.17. The second-order valence-corrected chi connectivity index (χ2v) is 4.96. The topological polar surface area (TPSA) is 32.3 Å². The largest absolute Gasteiger partial charge is 0.508 e. The summed E-state index contributed by atoms with van der Waals surface area (Å²) in [4.78, 5) is 0. The predicted molar refractivity (Wildman–Crippen MR) is 60.5 cm³/mol. The Bertz CT molecular complexity index is 291. The van der Waals surface area contributed by atoms with Crippen molar-refractivity contribution < 1.29 is 5.11 Å². The van der Waals surface area contributed by atoms with Crippen LogP contribution in [-0.2, 0) is 0 Å². The monoisotopic (exact) mass is 209 g/mol. The van der Waals surface area contributed by atoms with Gasteiger partial charge in [-0.2, -0.15) is 0 Å². The number of phenolic OH excluding ortho intramolecular Hbond substituents is 1. The van der Waals surface area contributed by atoms with E-state index in [9.17, 15) is 0 Å². The number of phenols is 1. The highest BCUT2D eigenvalue weighted by molar-refractivity contribution is 7.99. The highest BCUT2D eigenvalue weighted by atomic mass is 32.2. The summed E-state index contributed by atoms with van der Waals surface area (Å²) in [6.07, 6.45) is 0. The molecular weight excluding hydrogens is 194 g/mol. The summed E-state index contributed by atoms with van der Waals surface area (Å²) >= 11 is 1.94. The van der Waals surface area contributed by atoms with Crippen molar-refractivity contribution in [1.29, 1.82) is 0 Å². The Morgan fingerprint density at radius 3 is 2.64 bits per heavy atom. The smallest absolute Gasteiger partial charge is 0.115 e. The molecule has 0 saturated carbocycles. The van der Waals surface area contributed by atoms with Gasteiger partial charge < -0.3 is 10.4 Å². The molecule has 1 fully saturated rings. The van der Waals surface area contributed by atoms with E-state index < -0.39 is 0 Å². The Kier molecular flexibility index (Phi) is 2.99. The molecule has 2 atom stereocenters. The molecule has 1 aliphatic heterocycles. The maximum Gasteiger partial charge on any atom is 0.115 e. The van der Waals surface area contributed by atoms with Crippen molar-refractivity contribution in [3.05, 3.63) is 29.8 Å². The molecule has 0 amide bonds. The first-order chi connectivity index (χ1) is 6.75. The van der Waals surface area contributed by atoms with Crippen LogP contribution in [0, 0.1) is 5.92 Å². The molecule has 2 rings (SSSR count). The molecular formula is C11H15NOS. The Labute approximate surface area is 88.7 Å². The summed E-state index contributed by atoms with van der Waals surface area (Å²) in [5.74, 6) is 2.30. The summed E-state index contributed by atoms with van der Waals surface area (Å²) in [5, 5.41) is 13.1. The zero-order valence-corrected chi connectivity index (χ0v) is 9.05. The molecule has 0 spiro atoms. The molecule has 0 radical (unpaired) electrons. The van der Waals surface area contributed by atoms with E-state index in [0.29, 0.717) is 11.1 Å². The van der Waals surface area contributed by atoms with Crippen molar-refractivity contribution in [2.45, 2.75) is 12.3 Å². The van der Waals surface area contributed by atoms with Gasteiger partial charge in [0.2, 0.25) is 0 Å². The molecule has 0 aromatic heterocycles.